The van der Waals surface area contributed by atoms with Crippen molar-refractivity contribution in [3.63, 3.8) is 0 Å². The first-order chi connectivity index (χ1) is 14.1. The van der Waals surface area contributed by atoms with Crippen LogP contribution in [-0.2, 0) is 0 Å². The Morgan fingerprint density at radius 3 is 2.38 bits per heavy atom. The molecule has 7 nitrogen and oxygen atoms in total. The number of nitrogen functional groups attached to an aromatic ring is 1. The number of aromatic nitrogens is 3. The lowest BCUT2D eigenvalue weighted by molar-refractivity contribution is 0.355. The van der Waals surface area contributed by atoms with Gasteiger partial charge in [-0.3, -0.25) is 0 Å². The van der Waals surface area contributed by atoms with E-state index in [0.29, 0.717) is 28.4 Å². The molecule has 146 valence electrons. The fraction of sp³-hybridized carbons (Fsp3) is 0.136. The fourth-order valence-electron chi connectivity index (χ4n) is 3.25. The van der Waals surface area contributed by atoms with Crippen molar-refractivity contribution in [2.24, 2.45) is 0 Å². The van der Waals surface area contributed by atoms with E-state index in [-0.39, 0.29) is 0 Å². The molecule has 7 heteroatoms. The first kappa shape index (κ1) is 18.5. The normalized spacial score (nSPS) is 10.7. The van der Waals surface area contributed by atoms with Crippen LogP contribution in [0.25, 0.3) is 33.4 Å². The molecule has 2 N–H and O–H groups in total. The van der Waals surface area contributed by atoms with Crippen LogP contribution in [0.1, 0.15) is 0 Å². The van der Waals surface area contributed by atoms with Gasteiger partial charge in [-0.2, -0.15) is 0 Å². The highest BCUT2D eigenvalue weighted by molar-refractivity contribution is 6.01. The van der Waals surface area contributed by atoms with Crippen molar-refractivity contribution >= 4 is 16.9 Å². The Morgan fingerprint density at radius 2 is 1.62 bits per heavy atom. The molecule has 4 rings (SSSR count). The van der Waals surface area contributed by atoms with E-state index in [1.54, 1.807) is 21.3 Å². The molecule has 0 spiro atoms. The molecule has 2 heterocycles. The van der Waals surface area contributed by atoms with E-state index >= 15 is 0 Å². The molecule has 0 saturated carbocycles. The van der Waals surface area contributed by atoms with Gasteiger partial charge in [0.05, 0.1) is 32.4 Å². The van der Waals surface area contributed by atoms with Gasteiger partial charge >= 0.3 is 0 Å². The lowest BCUT2D eigenvalue weighted by Crippen LogP contribution is -1.99. The van der Waals surface area contributed by atoms with Crippen LogP contribution in [-0.4, -0.2) is 36.3 Å². The third-order valence-corrected chi connectivity index (χ3v) is 4.69. The van der Waals surface area contributed by atoms with Gasteiger partial charge in [-0.1, -0.05) is 12.1 Å². The summed E-state index contributed by atoms with van der Waals surface area (Å²) < 4.78 is 16.2. The zero-order valence-corrected chi connectivity index (χ0v) is 16.3. The molecule has 2 aromatic carbocycles. The van der Waals surface area contributed by atoms with E-state index in [4.69, 9.17) is 24.9 Å². The van der Waals surface area contributed by atoms with E-state index in [1.165, 1.54) is 6.33 Å². The van der Waals surface area contributed by atoms with Crippen molar-refractivity contribution < 1.29 is 14.2 Å². The van der Waals surface area contributed by atoms with Crippen LogP contribution in [0, 0.1) is 0 Å². The molecular weight excluding hydrogens is 368 g/mol. The van der Waals surface area contributed by atoms with Crippen molar-refractivity contribution in [2.75, 3.05) is 27.1 Å². The molecule has 0 aliphatic carbocycles. The Labute approximate surface area is 168 Å². The second kappa shape index (κ2) is 7.63. The Balaban J connectivity index is 1.98. The fourth-order valence-corrected chi connectivity index (χ4v) is 3.25. The predicted molar refractivity (Wildman–Crippen MR) is 112 cm³/mol. The maximum absolute atomic E-state index is 6.18. The summed E-state index contributed by atoms with van der Waals surface area (Å²) in [5.41, 5.74) is 10.1. The second-order valence-corrected chi connectivity index (χ2v) is 6.31. The van der Waals surface area contributed by atoms with Gasteiger partial charge in [0.1, 0.15) is 17.9 Å². The molecule has 0 unspecified atom stereocenters. The first-order valence-corrected chi connectivity index (χ1v) is 8.92. The van der Waals surface area contributed by atoms with Gasteiger partial charge in [0.2, 0.25) is 0 Å². The quantitative estimate of drug-likeness (QED) is 0.553. The van der Waals surface area contributed by atoms with Crippen LogP contribution in [0.2, 0.25) is 0 Å². The van der Waals surface area contributed by atoms with Crippen molar-refractivity contribution in [1.29, 1.82) is 0 Å². The van der Waals surface area contributed by atoms with E-state index < -0.39 is 0 Å². The number of rotatable bonds is 5. The smallest absolute Gasteiger partial charge is 0.165 e. The van der Waals surface area contributed by atoms with Crippen LogP contribution in [0.15, 0.2) is 54.9 Å². The minimum atomic E-state index is 0.374. The Bertz CT molecular complexity index is 1190. The SMILES string of the molecule is COc1cccc(-c2cc(-c3ccc(OC)c(OC)c3)nc3ncnc(N)c23)c1. The number of nitrogens with two attached hydrogens (primary N) is 1. The molecule has 29 heavy (non-hydrogen) atoms. The number of fused-ring (bicyclic) bond motifs is 1. The molecule has 0 aliphatic rings. The second-order valence-electron chi connectivity index (χ2n) is 6.31. The standard InChI is InChI=1S/C22H20N4O3/c1-27-15-6-4-5-13(9-15)16-11-17(26-22-20(16)21(23)24-12-25-22)14-7-8-18(28-2)19(10-14)29-3/h4-12H,1-3H3,(H2,23,24,25,26). The van der Waals surface area contributed by atoms with E-state index in [1.807, 2.05) is 48.5 Å². The van der Waals surface area contributed by atoms with E-state index in [0.717, 1.165) is 28.1 Å². The van der Waals surface area contributed by atoms with Gasteiger partial charge < -0.3 is 19.9 Å². The number of pyridine rings is 1. The number of ether oxygens (including phenoxy) is 3. The molecule has 0 radical (unpaired) electrons. The van der Waals surface area contributed by atoms with Crippen LogP contribution < -0.4 is 19.9 Å². The largest absolute Gasteiger partial charge is 0.497 e. The summed E-state index contributed by atoms with van der Waals surface area (Å²) in [6.45, 7) is 0. The Morgan fingerprint density at radius 1 is 0.793 bits per heavy atom. The minimum Gasteiger partial charge on any atom is -0.497 e. The molecule has 0 atom stereocenters. The number of methoxy groups -OCH3 is 3. The average molecular weight is 388 g/mol. The van der Waals surface area contributed by atoms with Gasteiger partial charge in [0.25, 0.3) is 0 Å². The monoisotopic (exact) mass is 388 g/mol. The third-order valence-electron chi connectivity index (χ3n) is 4.69. The summed E-state index contributed by atoms with van der Waals surface area (Å²) >= 11 is 0. The van der Waals surface area contributed by atoms with E-state index in [2.05, 4.69) is 9.97 Å². The van der Waals surface area contributed by atoms with Crippen LogP contribution in [0.3, 0.4) is 0 Å². The minimum absolute atomic E-state index is 0.374. The lowest BCUT2D eigenvalue weighted by atomic mass is 9.99. The lowest BCUT2D eigenvalue weighted by Gasteiger charge is -2.13. The number of hydrogen-bond acceptors (Lipinski definition) is 7. The Kier molecular flexibility index (Phi) is 4.87. The number of nitrogens with zero attached hydrogens (tertiary/aromatic N) is 3. The molecule has 0 saturated heterocycles. The third kappa shape index (κ3) is 3.38. The van der Waals surface area contributed by atoms with Crippen LogP contribution >= 0.6 is 0 Å². The van der Waals surface area contributed by atoms with Crippen LogP contribution in [0.4, 0.5) is 5.82 Å². The summed E-state index contributed by atoms with van der Waals surface area (Å²) in [7, 11) is 4.84. The topological polar surface area (TPSA) is 92.4 Å². The highest BCUT2D eigenvalue weighted by Crippen LogP contribution is 2.37. The average Bonchev–Trinajstić information content (AvgIpc) is 2.78. The van der Waals surface area contributed by atoms with Crippen molar-refractivity contribution in [3.8, 4) is 39.6 Å². The van der Waals surface area contributed by atoms with Crippen molar-refractivity contribution in [2.45, 2.75) is 0 Å². The summed E-state index contributed by atoms with van der Waals surface area (Å²) in [6.07, 6.45) is 1.42. The molecule has 2 aromatic heterocycles. The van der Waals surface area contributed by atoms with Gasteiger partial charge in [-0.15, -0.1) is 0 Å². The number of hydrogen-bond donors (Lipinski definition) is 1. The van der Waals surface area contributed by atoms with Gasteiger partial charge in [-0.25, -0.2) is 15.0 Å². The zero-order valence-electron chi connectivity index (χ0n) is 16.3. The highest BCUT2D eigenvalue weighted by Gasteiger charge is 2.15. The summed E-state index contributed by atoms with van der Waals surface area (Å²) in [5.74, 6) is 2.39. The summed E-state index contributed by atoms with van der Waals surface area (Å²) in [5, 5.41) is 0.699. The van der Waals surface area contributed by atoms with Crippen molar-refractivity contribution in [3.05, 3.63) is 54.9 Å². The number of benzene rings is 2. The maximum Gasteiger partial charge on any atom is 0.165 e. The van der Waals surface area contributed by atoms with Crippen LogP contribution in [0.5, 0.6) is 17.2 Å². The molecule has 4 aromatic rings. The van der Waals surface area contributed by atoms with Gasteiger partial charge in [0, 0.05) is 5.56 Å². The molecule has 0 fully saturated rings. The molecule has 0 aliphatic heterocycles. The van der Waals surface area contributed by atoms with Gasteiger partial charge in [0.15, 0.2) is 17.1 Å². The first-order valence-electron chi connectivity index (χ1n) is 8.92. The zero-order chi connectivity index (χ0) is 20.4. The maximum atomic E-state index is 6.18. The molecule has 0 bridgehead atoms. The van der Waals surface area contributed by atoms with Gasteiger partial charge in [-0.05, 0) is 47.5 Å². The Hall–Kier alpha value is -3.87. The van der Waals surface area contributed by atoms with Crippen molar-refractivity contribution in [1.82, 2.24) is 15.0 Å². The molecular formula is C22H20N4O3. The number of anilines is 1. The summed E-state index contributed by atoms with van der Waals surface area (Å²) in [6, 6.07) is 15.4. The molecule has 0 amide bonds. The summed E-state index contributed by atoms with van der Waals surface area (Å²) in [4.78, 5) is 13.2. The van der Waals surface area contributed by atoms with E-state index in [9.17, 15) is 0 Å². The highest BCUT2D eigenvalue weighted by atomic mass is 16.5. The predicted octanol–water partition coefficient (Wildman–Crippen LogP) is 3.97.